The van der Waals surface area contributed by atoms with Gasteiger partial charge < -0.3 is 13.9 Å². The Balaban J connectivity index is 2.18. The van der Waals surface area contributed by atoms with Crippen LogP contribution in [0.25, 0.3) is 10.2 Å². The molecule has 0 atom stereocenters. The number of hydrogen-bond acceptors (Lipinski definition) is 6. The minimum absolute atomic E-state index is 0.229. The molecule has 3 rings (SSSR count). The highest BCUT2D eigenvalue weighted by atomic mass is 32.2. The van der Waals surface area contributed by atoms with Crippen LogP contribution in [0.4, 0.5) is 0 Å². The lowest BCUT2D eigenvalue weighted by Gasteiger charge is -2.05. The second-order valence-electron chi connectivity index (χ2n) is 5.71. The molecule has 0 aliphatic heterocycles. The van der Waals surface area contributed by atoms with Crippen molar-refractivity contribution in [2.24, 2.45) is 12.0 Å². The highest BCUT2D eigenvalue weighted by Gasteiger charge is 2.14. The van der Waals surface area contributed by atoms with Gasteiger partial charge in [0.1, 0.15) is 0 Å². The van der Waals surface area contributed by atoms with Crippen molar-refractivity contribution in [1.29, 1.82) is 0 Å². The van der Waals surface area contributed by atoms with Gasteiger partial charge in [0, 0.05) is 39.4 Å². The Hall–Kier alpha value is -2.30. The summed E-state index contributed by atoms with van der Waals surface area (Å²) in [5.41, 5.74) is 0.797. The Morgan fingerprint density at radius 2 is 2.15 bits per heavy atom. The summed E-state index contributed by atoms with van der Waals surface area (Å²) in [4.78, 5) is 21.4. The van der Waals surface area contributed by atoms with Crippen LogP contribution in [0.15, 0.2) is 40.5 Å². The van der Waals surface area contributed by atoms with E-state index in [1.807, 2.05) is 4.57 Å². The van der Waals surface area contributed by atoms with Gasteiger partial charge in [-0.25, -0.2) is 13.4 Å². The van der Waals surface area contributed by atoms with Crippen LogP contribution in [0.1, 0.15) is 10.6 Å². The van der Waals surface area contributed by atoms with Crippen molar-refractivity contribution in [3.63, 3.8) is 0 Å². The summed E-state index contributed by atoms with van der Waals surface area (Å²) in [5, 5.41) is 0. The summed E-state index contributed by atoms with van der Waals surface area (Å²) in [7, 11) is -0.00683. The van der Waals surface area contributed by atoms with Gasteiger partial charge in [-0.2, -0.15) is 4.99 Å². The van der Waals surface area contributed by atoms with Crippen molar-refractivity contribution in [2.45, 2.75) is 11.4 Å². The number of imidazole rings is 1. The number of hydrogen-bond donors (Lipinski definition) is 0. The second kappa shape index (κ2) is 7.14. The van der Waals surface area contributed by atoms with Gasteiger partial charge >= 0.3 is 5.91 Å². The molecular formula is C16H18N4O4S2. The number of fused-ring (bicyclic) bond motifs is 1. The first-order valence-corrected chi connectivity index (χ1v) is 10.4. The van der Waals surface area contributed by atoms with Crippen molar-refractivity contribution in [3.05, 3.63) is 41.2 Å². The van der Waals surface area contributed by atoms with E-state index >= 15 is 0 Å². The first kappa shape index (κ1) is 18.5. The summed E-state index contributed by atoms with van der Waals surface area (Å²) in [6.45, 7) is 0.921. The topological polar surface area (TPSA) is 95.6 Å². The zero-order valence-corrected chi connectivity index (χ0v) is 16.2. The van der Waals surface area contributed by atoms with Crippen molar-refractivity contribution < 1.29 is 17.9 Å². The lowest BCUT2D eigenvalue weighted by molar-refractivity contribution is 0.0984. The number of methoxy groups -OCH3 is 1. The Labute approximate surface area is 154 Å². The van der Waals surface area contributed by atoms with E-state index in [-0.39, 0.29) is 10.7 Å². The van der Waals surface area contributed by atoms with Gasteiger partial charge in [0.25, 0.3) is 0 Å². The number of rotatable bonds is 5. The fourth-order valence-corrected chi connectivity index (χ4v) is 4.29. The highest BCUT2D eigenvalue weighted by Crippen LogP contribution is 2.22. The monoisotopic (exact) mass is 394 g/mol. The number of nitrogens with zero attached hydrogens (tertiary/aromatic N) is 4. The van der Waals surface area contributed by atoms with Crippen molar-refractivity contribution in [1.82, 2.24) is 14.1 Å². The van der Waals surface area contributed by atoms with Gasteiger partial charge in [0.05, 0.1) is 21.7 Å². The van der Waals surface area contributed by atoms with Crippen LogP contribution in [0.2, 0.25) is 0 Å². The molecule has 0 aliphatic carbocycles. The minimum Gasteiger partial charge on any atom is -0.383 e. The highest BCUT2D eigenvalue weighted by molar-refractivity contribution is 7.90. The quantitative estimate of drug-likeness (QED) is 0.648. The Kier molecular flexibility index (Phi) is 5.08. The first-order chi connectivity index (χ1) is 12.3. The number of carbonyl (C=O) groups excluding carboxylic acids is 1. The van der Waals surface area contributed by atoms with Crippen LogP contribution in [0.3, 0.4) is 0 Å². The summed E-state index contributed by atoms with van der Waals surface area (Å²) < 4.78 is 32.9. The maximum atomic E-state index is 12.4. The largest absolute Gasteiger partial charge is 0.383 e. The van der Waals surface area contributed by atoms with E-state index < -0.39 is 15.7 Å². The van der Waals surface area contributed by atoms with E-state index in [0.29, 0.717) is 18.0 Å². The van der Waals surface area contributed by atoms with E-state index in [1.165, 1.54) is 17.5 Å². The number of aromatic nitrogens is 3. The number of sulfone groups is 1. The average molecular weight is 394 g/mol. The lowest BCUT2D eigenvalue weighted by atomic mass is 10.3. The van der Waals surface area contributed by atoms with Crippen molar-refractivity contribution in [3.8, 4) is 0 Å². The van der Waals surface area contributed by atoms with Crippen LogP contribution in [0.5, 0.6) is 0 Å². The molecule has 0 N–H and O–H groups in total. The second-order valence-corrected chi connectivity index (χ2v) is 8.73. The maximum Gasteiger partial charge on any atom is 0.315 e. The SMILES string of the molecule is COCCn1c(=NC(=O)c2nccn2C)sc2cc(S(C)(=O)=O)ccc21. The Morgan fingerprint density at radius 3 is 2.77 bits per heavy atom. The Bertz CT molecular complexity index is 1140. The fourth-order valence-electron chi connectivity index (χ4n) is 2.48. The number of amides is 1. The zero-order chi connectivity index (χ0) is 18.9. The standard InChI is InChI=1S/C16H18N4O4S2/c1-19-7-6-17-14(19)15(21)18-16-20(8-9-24-2)12-5-4-11(26(3,22)23)10-13(12)25-16/h4-7,10H,8-9H2,1-3H3. The Morgan fingerprint density at radius 1 is 1.38 bits per heavy atom. The van der Waals surface area contributed by atoms with Crippen LogP contribution < -0.4 is 4.80 Å². The van der Waals surface area contributed by atoms with E-state index in [4.69, 9.17) is 4.74 Å². The summed E-state index contributed by atoms with van der Waals surface area (Å²) >= 11 is 1.25. The predicted molar refractivity (Wildman–Crippen MR) is 97.9 cm³/mol. The van der Waals surface area contributed by atoms with Gasteiger partial charge in [-0.05, 0) is 18.2 Å². The first-order valence-electron chi connectivity index (χ1n) is 7.70. The molecule has 2 aromatic heterocycles. The van der Waals surface area contributed by atoms with Crippen molar-refractivity contribution in [2.75, 3.05) is 20.0 Å². The van der Waals surface area contributed by atoms with Gasteiger partial charge in [-0.15, -0.1) is 0 Å². The molecule has 8 nitrogen and oxygen atoms in total. The van der Waals surface area contributed by atoms with Crippen LogP contribution in [0, 0.1) is 0 Å². The fraction of sp³-hybridized carbons (Fsp3) is 0.312. The van der Waals surface area contributed by atoms with Gasteiger partial charge in [0.2, 0.25) is 5.82 Å². The van der Waals surface area contributed by atoms with Crippen LogP contribution in [-0.2, 0) is 28.2 Å². The number of ether oxygens (including phenoxy) is 1. The van der Waals surface area contributed by atoms with Gasteiger partial charge in [0.15, 0.2) is 14.6 Å². The smallest absolute Gasteiger partial charge is 0.315 e. The molecule has 0 saturated heterocycles. The molecule has 0 unspecified atom stereocenters. The molecule has 0 fully saturated rings. The predicted octanol–water partition coefficient (Wildman–Crippen LogP) is 1.23. The van der Waals surface area contributed by atoms with Gasteiger partial charge in [-0.1, -0.05) is 11.3 Å². The lowest BCUT2D eigenvalue weighted by Crippen LogP contribution is -2.20. The molecule has 0 spiro atoms. The number of benzene rings is 1. The third-order valence-corrected chi connectivity index (χ3v) is 5.96. The van der Waals surface area contributed by atoms with Crippen LogP contribution >= 0.6 is 11.3 Å². The van der Waals surface area contributed by atoms with E-state index in [9.17, 15) is 13.2 Å². The maximum absolute atomic E-state index is 12.4. The van der Waals surface area contributed by atoms with Crippen LogP contribution in [-0.4, -0.2) is 48.4 Å². The molecule has 138 valence electrons. The molecule has 0 saturated carbocycles. The summed E-state index contributed by atoms with van der Waals surface area (Å²) in [5.74, 6) is -0.226. The normalized spacial score (nSPS) is 12.8. The molecule has 26 heavy (non-hydrogen) atoms. The number of aryl methyl sites for hydroxylation is 1. The molecule has 0 aliphatic rings. The molecule has 1 amide bonds. The molecule has 0 bridgehead atoms. The summed E-state index contributed by atoms with van der Waals surface area (Å²) in [6.07, 6.45) is 4.37. The molecule has 3 aromatic rings. The zero-order valence-electron chi connectivity index (χ0n) is 14.5. The third kappa shape index (κ3) is 3.62. The number of thiazole rings is 1. The minimum atomic E-state index is -3.32. The van der Waals surface area contributed by atoms with E-state index in [1.54, 1.807) is 43.1 Å². The molecule has 0 radical (unpaired) electrons. The van der Waals surface area contributed by atoms with Crippen molar-refractivity contribution >= 4 is 37.3 Å². The number of carbonyl (C=O) groups is 1. The molecule has 2 heterocycles. The third-order valence-electron chi connectivity index (χ3n) is 3.81. The molecular weight excluding hydrogens is 376 g/mol. The molecule has 1 aromatic carbocycles. The van der Waals surface area contributed by atoms with E-state index in [0.717, 1.165) is 16.5 Å². The van der Waals surface area contributed by atoms with Gasteiger partial charge in [-0.3, -0.25) is 4.79 Å². The van der Waals surface area contributed by atoms with E-state index in [2.05, 4.69) is 9.98 Å². The average Bonchev–Trinajstić information content (AvgIpc) is 3.14. The summed E-state index contributed by atoms with van der Waals surface area (Å²) in [6, 6.07) is 4.88. The molecule has 10 heteroatoms.